The Kier molecular flexibility index (Phi) is 9.35. The molecule has 2 atom stereocenters. The number of carboxylic acid groups (broad SMARTS) is 1. The highest BCUT2D eigenvalue weighted by Gasteiger charge is 2.20. The molecular weight excluding hydrogens is 288 g/mol. The Bertz CT molecular complexity index is 374. The van der Waals surface area contributed by atoms with Crippen LogP contribution in [-0.4, -0.2) is 59.0 Å². The van der Waals surface area contributed by atoms with Gasteiger partial charge < -0.3 is 20.5 Å². The summed E-state index contributed by atoms with van der Waals surface area (Å²) in [7, 11) is 0.279. The molecule has 1 unspecified atom stereocenters. The zero-order chi connectivity index (χ0) is 15.5. The Morgan fingerprint density at radius 1 is 1.35 bits per heavy atom. The van der Waals surface area contributed by atoms with E-state index >= 15 is 0 Å². The minimum absolute atomic E-state index is 0.0472. The Morgan fingerprint density at radius 2 is 2.00 bits per heavy atom. The number of rotatable bonds is 9. The van der Waals surface area contributed by atoms with Crippen LogP contribution in [0.1, 0.15) is 19.3 Å². The van der Waals surface area contributed by atoms with E-state index in [1.165, 1.54) is 7.11 Å². The predicted octanol–water partition coefficient (Wildman–Crippen LogP) is -0.539. The van der Waals surface area contributed by atoms with Crippen LogP contribution in [0.4, 0.5) is 4.79 Å². The first kappa shape index (κ1) is 18.4. The molecule has 0 radical (unpaired) electrons. The molecule has 0 bridgehead atoms. The fourth-order valence-electron chi connectivity index (χ4n) is 1.31. The average molecular weight is 308 g/mol. The van der Waals surface area contributed by atoms with Crippen LogP contribution < -0.4 is 10.6 Å². The number of hydrogen-bond donors (Lipinski definition) is 3. The highest BCUT2D eigenvalue weighted by Crippen LogP contribution is 1.99. The molecule has 0 aliphatic rings. The van der Waals surface area contributed by atoms with Gasteiger partial charge in [-0.3, -0.25) is 9.00 Å². The van der Waals surface area contributed by atoms with E-state index in [0.717, 1.165) is 0 Å². The Balaban J connectivity index is 4.04. The summed E-state index contributed by atoms with van der Waals surface area (Å²) in [6, 6.07) is -1.79. The van der Waals surface area contributed by atoms with Gasteiger partial charge in [-0.15, -0.1) is 0 Å². The van der Waals surface area contributed by atoms with Gasteiger partial charge in [-0.1, -0.05) is 0 Å². The molecule has 0 aromatic rings. The SMILES string of the molecule is COC(=O)CC[C@H](NC(=O)NCCCS(C)=O)C(=O)O. The van der Waals surface area contributed by atoms with Crippen LogP contribution in [0, 0.1) is 0 Å². The van der Waals surface area contributed by atoms with Crippen molar-refractivity contribution < 1.29 is 28.4 Å². The van der Waals surface area contributed by atoms with Gasteiger partial charge in [0.2, 0.25) is 0 Å². The monoisotopic (exact) mass is 308 g/mol. The van der Waals surface area contributed by atoms with Crippen LogP contribution in [-0.2, 0) is 25.1 Å². The molecule has 8 nitrogen and oxygen atoms in total. The quantitative estimate of drug-likeness (QED) is 0.388. The zero-order valence-electron chi connectivity index (χ0n) is 11.5. The van der Waals surface area contributed by atoms with Crippen molar-refractivity contribution in [1.82, 2.24) is 10.6 Å². The second kappa shape index (κ2) is 10.2. The third kappa shape index (κ3) is 9.31. The van der Waals surface area contributed by atoms with Crippen molar-refractivity contribution in [3.63, 3.8) is 0 Å². The van der Waals surface area contributed by atoms with E-state index in [-0.39, 0.29) is 12.8 Å². The van der Waals surface area contributed by atoms with E-state index < -0.39 is 34.8 Å². The Hall–Kier alpha value is -1.64. The molecule has 0 aliphatic carbocycles. The molecule has 9 heteroatoms. The van der Waals surface area contributed by atoms with Crippen molar-refractivity contribution in [2.24, 2.45) is 0 Å². The second-order valence-electron chi connectivity index (χ2n) is 4.04. The van der Waals surface area contributed by atoms with E-state index in [1.807, 2.05) is 0 Å². The molecule has 3 N–H and O–H groups in total. The molecule has 0 aromatic heterocycles. The summed E-state index contributed by atoms with van der Waals surface area (Å²) in [4.78, 5) is 33.3. The summed E-state index contributed by atoms with van der Waals surface area (Å²) in [5.41, 5.74) is 0. The van der Waals surface area contributed by atoms with Gasteiger partial charge in [-0.2, -0.15) is 0 Å². The normalized spacial score (nSPS) is 13.1. The van der Waals surface area contributed by atoms with Crippen molar-refractivity contribution in [2.45, 2.75) is 25.3 Å². The number of urea groups is 1. The van der Waals surface area contributed by atoms with Gasteiger partial charge >= 0.3 is 18.0 Å². The van der Waals surface area contributed by atoms with Crippen molar-refractivity contribution in [3.05, 3.63) is 0 Å². The smallest absolute Gasteiger partial charge is 0.326 e. The Morgan fingerprint density at radius 3 is 2.50 bits per heavy atom. The van der Waals surface area contributed by atoms with E-state index in [0.29, 0.717) is 18.7 Å². The van der Waals surface area contributed by atoms with Crippen molar-refractivity contribution in [1.29, 1.82) is 0 Å². The lowest BCUT2D eigenvalue weighted by atomic mass is 10.1. The number of nitrogens with one attached hydrogen (secondary N) is 2. The fourth-order valence-corrected chi connectivity index (χ4v) is 1.86. The number of hydrogen-bond acceptors (Lipinski definition) is 5. The molecule has 0 aromatic carbocycles. The summed E-state index contributed by atoms with van der Waals surface area (Å²) >= 11 is 0. The minimum Gasteiger partial charge on any atom is -0.480 e. The largest absolute Gasteiger partial charge is 0.480 e. The van der Waals surface area contributed by atoms with E-state index in [1.54, 1.807) is 6.26 Å². The van der Waals surface area contributed by atoms with Gasteiger partial charge in [-0.25, -0.2) is 9.59 Å². The third-order valence-electron chi connectivity index (χ3n) is 2.36. The van der Waals surface area contributed by atoms with Crippen molar-refractivity contribution in [3.8, 4) is 0 Å². The lowest BCUT2D eigenvalue weighted by Crippen LogP contribution is -2.46. The maximum Gasteiger partial charge on any atom is 0.326 e. The van der Waals surface area contributed by atoms with Gasteiger partial charge in [0.1, 0.15) is 6.04 Å². The van der Waals surface area contributed by atoms with Gasteiger partial charge in [0.25, 0.3) is 0 Å². The second-order valence-corrected chi connectivity index (χ2v) is 5.59. The highest BCUT2D eigenvalue weighted by molar-refractivity contribution is 7.84. The molecule has 0 spiro atoms. The standard InChI is InChI=1S/C11H20N2O6S/c1-19-9(14)5-4-8(10(15)16)13-11(17)12-6-3-7-20(2)18/h8H,3-7H2,1-2H3,(H,15,16)(H2,12,13,17)/t8-,20?/m0/s1. The zero-order valence-corrected chi connectivity index (χ0v) is 12.3. The molecule has 0 saturated heterocycles. The van der Waals surface area contributed by atoms with E-state index in [4.69, 9.17) is 5.11 Å². The van der Waals surface area contributed by atoms with Gasteiger partial charge in [-0.05, 0) is 12.8 Å². The molecule has 2 amide bonds. The number of carbonyl (C=O) groups is 3. The number of carboxylic acids is 1. The van der Waals surface area contributed by atoms with Gasteiger partial charge in [0, 0.05) is 35.8 Å². The van der Waals surface area contributed by atoms with Crippen LogP contribution in [0.15, 0.2) is 0 Å². The predicted molar refractivity (Wildman–Crippen MR) is 72.8 cm³/mol. The third-order valence-corrected chi connectivity index (χ3v) is 3.23. The van der Waals surface area contributed by atoms with E-state index in [2.05, 4.69) is 15.4 Å². The maximum absolute atomic E-state index is 11.4. The van der Waals surface area contributed by atoms with Crippen LogP contribution in [0.3, 0.4) is 0 Å². The summed E-state index contributed by atoms with van der Waals surface area (Å²) in [6.07, 6.45) is 1.96. The topological polar surface area (TPSA) is 122 Å². The number of esters is 1. The molecule has 0 heterocycles. The number of carbonyl (C=O) groups excluding carboxylic acids is 2. The summed E-state index contributed by atoms with van der Waals surface area (Å²) < 4.78 is 15.2. The molecule has 0 saturated carbocycles. The number of aliphatic carboxylic acids is 1. The molecule has 20 heavy (non-hydrogen) atoms. The van der Waals surface area contributed by atoms with E-state index in [9.17, 15) is 18.6 Å². The van der Waals surface area contributed by atoms with Gasteiger partial charge in [0.05, 0.1) is 7.11 Å². The minimum atomic E-state index is -1.22. The lowest BCUT2D eigenvalue weighted by Gasteiger charge is -2.14. The molecule has 116 valence electrons. The molecule has 0 rings (SSSR count). The maximum atomic E-state index is 11.4. The van der Waals surface area contributed by atoms with Crippen LogP contribution in [0.25, 0.3) is 0 Å². The first-order valence-corrected chi connectivity index (χ1v) is 7.73. The summed E-state index contributed by atoms with van der Waals surface area (Å²) in [5, 5.41) is 13.6. The molecular formula is C11H20N2O6S. The van der Waals surface area contributed by atoms with Crippen LogP contribution >= 0.6 is 0 Å². The fraction of sp³-hybridized carbons (Fsp3) is 0.727. The summed E-state index contributed by atoms with van der Waals surface area (Å²) in [5.74, 6) is -1.30. The number of ether oxygens (including phenoxy) is 1. The van der Waals surface area contributed by atoms with Crippen LogP contribution in [0.5, 0.6) is 0 Å². The number of amides is 2. The van der Waals surface area contributed by atoms with Gasteiger partial charge in [0.15, 0.2) is 0 Å². The Labute approximate surface area is 119 Å². The average Bonchev–Trinajstić information content (AvgIpc) is 2.38. The lowest BCUT2D eigenvalue weighted by molar-refractivity contribution is -0.142. The van der Waals surface area contributed by atoms with Crippen LogP contribution in [0.2, 0.25) is 0 Å². The number of methoxy groups -OCH3 is 1. The van der Waals surface area contributed by atoms with Crippen molar-refractivity contribution >= 4 is 28.8 Å². The van der Waals surface area contributed by atoms with Crippen molar-refractivity contribution in [2.75, 3.05) is 25.7 Å². The molecule has 0 aliphatic heterocycles. The first-order chi connectivity index (χ1) is 9.36. The first-order valence-electron chi connectivity index (χ1n) is 6.00. The summed E-state index contributed by atoms with van der Waals surface area (Å²) in [6.45, 7) is 0.300. The highest BCUT2D eigenvalue weighted by atomic mass is 32.2. The molecule has 0 fully saturated rings.